The van der Waals surface area contributed by atoms with Crippen LogP contribution in [0.15, 0.2) is 16.8 Å². The lowest BCUT2D eigenvalue weighted by atomic mass is 10.2. The van der Waals surface area contributed by atoms with Crippen LogP contribution in [0.25, 0.3) is 0 Å². The van der Waals surface area contributed by atoms with Crippen molar-refractivity contribution >= 4 is 23.2 Å². The number of hydrogen-bond acceptors (Lipinski definition) is 4. The summed E-state index contributed by atoms with van der Waals surface area (Å²) in [4.78, 5) is 31.2. The van der Waals surface area contributed by atoms with Crippen molar-refractivity contribution in [1.82, 2.24) is 14.7 Å². The van der Waals surface area contributed by atoms with Crippen molar-refractivity contribution in [3.05, 3.63) is 22.4 Å². The Kier molecular flexibility index (Phi) is 6.26. The molecule has 5 nitrogen and oxygen atoms in total. The van der Waals surface area contributed by atoms with Gasteiger partial charge in [0.2, 0.25) is 5.91 Å². The highest BCUT2D eigenvalue weighted by atomic mass is 32.1. The first-order valence-electron chi connectivity index (χ1n) is 9.05. The van der Waals surface area contributed by atoms with Crippen LogP contribution in [-0.2, 0) is 4.79 Å². The second-order valence-corrected chi connectivity index (χ2v) is 7.51. The molecule has 24 heavy (non-hydrogen) atoms. The molecule has 0 radical (unpaired) electrons. The molecule has 2 fully saturated rings. The predicted molar refractivity (Wildman–Crippen MR) is 96.3 cm³/mol. The summed E-state index contributed by atoms with van der Waals surface area (Å²) in [7, 11) is 0. The molecular formula is C18H27N3O2S. The average molecular weight is 350 g/mol. The minimum Gasteiger partial charge on any atom is -0.342 e. The Balaban J connectivity index is 1.50. The Morgan fingerprint density at radius 3 is 2.33 bits per heavy atom. The van der Waals surface area contributed by atoms with E-state index in [1.54, 1.807) is 11.3 Å². The van der Waals surface area contributed by atoms with E-state index in [4.69, 9.17) is 0 Å². The van der Waals surface area contributed by atoms with Crippen LogP contribution in [0.5, 0.6) is 0 Å². The van der Waals surface area contributed by atoms with E-state index in [-0.39, 0.29) is 11.8 Å². The lowest BCUT2D eigenvalue weighted by molar-refractivity contribution is -0.132. The zero-order valence-electron chi connectivity index (χ0n) is 14.3. The van der Waals surface area contributed by atoms with Crippen LogP contribution in [0.2, 0.25) is 0 Å². The first-order valence-corrected chi connectivity index (χ1v) is 10.00. The molecule has 0 spiro atoms. The van der Waals surface area contributed by atoms with Gasteiger partial charge < -0.3 is 9.80 Å². The summed E-state index contributed by atoms with van der Waals surface area (Å²) in [6.45, 7) is 5.50. The smallest absolute Gasteiger partial charge is 0.254 e. The molecule has 3 heterocycles. The molecule has 0 unspecified atom stereocenters. The van der Waals surface area contributed by atoms with Gasteiger partial charge in [-0.3, -0.25) is 14.5 Å². The lowest BCUT2D eigenvalue weighted by Gasteiger charge is -2.25. The molecule has 2 aliphatic rings. The van der Waals surface area contributed by atoms with Gasteiger partial charge in [0.15, 0.2) is 0 Å². The molecule has 0 aromatic carbocycles. The summed E-state index contributed by atoms with van der Waals surface area (Å²) in [5.74, 6) is 0.381. The first kappa shape index (κ1) is 17.4. The number of amides is 2. The molecular weight excluding hydrogens is 322 g/mol. The van der Waals surface area contributed by atoms with Crippen LogP contribution in [0.3, 0.4) is 0 Å². The lowest BCUT2D eigenvalue weighted by Crippen LogP contribution is -2.42. The third kappa shape index (κ3) is 4.57. The zero-order chi connectivity index (χ0) is 16.8. The van der Waals surface area contributed by atoms with Gasteiger partial charge in [-0.15, -0.1) is 0 Å². The van der Waals surface area contributed by atoms with Crippen LogP contribution in [-0.4, -0.2) is 72.3 Å². The molecule has 132 valence electrons. The largest absolute Gasteiger partial charge is 0.342 e. The Hall–Kier alpha value is -1.40. The van der Waals surface area contributed by atoms with E-state index in [0.717, 1.165) is 57.5 Å². The van der Waals surface area contributed by atoms with E-state index in [1.165, 1.54) is 12.8 Å². The first-order chi connectivity index (χ1) is 11.7. The maximum atomic E-state index is 12.5. The number of thiophene rings is 1. The van der Waals surface area contributed by atoms with Crippen LogP contribution in [0, 0.1) is 0 Å². The molecule has 2 amide bonds. The summed E-state index contributed by atoms with van der Waals surface area (Å²) >= 11 is 1.56. The predicted octanol–water partition coefficient (Wildman–Crippen LogP) is 2.30. The van der Waals surface area contributed by atoms with Gasteiger partial charge in [-0.05, 0) is 30.7 Å². The SMILES string of the molecule is O=C(CN1CCCN(C(=O)c2ccsc2)CC1)N1CCCCCC1. The molecule has 6 heteroatoms. The fraction of sp³-hybridized carbons (Fsp3) is 0.667. The Bertz CT molecular complexity index is 538. The molecule has 2 aliphatic heterocycles. The zero-order valence-corrected chi connectivity index (χ0v) is 15.1. The fourth-order valence-corrected chi connectivity index (χ4v) is 4.14. The highest BCUT2D eigenvalue weighted by Crippen LogP contribution is 2.13. The molecule has 3 rings (SSSR count). The molecule has 2 saturated heterocycles. The minimum atomic E-state index is 0.122. The van der Waals surface area contributed by atoms with Gasteiger partial charge in [-0.2, -0.15) is 11.3 Å². The third-order valence-electron chi connectivity index (χ3n) is 4.96. The van der Waals surface area contributed by atoms with Crippen molar-refractivity contribution in [2.75, 3.05) is 45.8 Å². The maximum absolute atomic E-state index is 12.5. The molecule has 1 aromatic rings. The number of hydrogen-bond donors (Lipinski definition) is 0. The highest BCUT2D eigenvalue weighted by molar-refractivity contribution is 7.08. The van der Waals surface area contributed by atoms with Crippen LogP contribution in [0.4, 0.5) is 0 Å². The van der Waals surface area contributed by atoms with Crippen molar-refractivity contribution in [3.8, 4) is 0 Å². The van der Waals surface area contributed by atoms with Gasteiger partial charge in [0.25, 0.3) is 5.91 Å². The van der Waals surface area contributed by atoms with E-state index in [0.29, 0.717) is 13.1 Å². The molecule has 0 atom stereocenters. The van der Waals surface area contributed by atoms with E-state index < -0.39 is 0 Å². The molecule has 0 N–H and O–H groups in total. The number of carbonyl (C=O) groups is 2. The number of nitrogens with zero attached hydrogens (tertiary/aromatic N) is 3. The van der Waals surface area contributed by atoms with E-state index in [1.807, 2.05) is 26.6 Å². The van der Waals surface area contributed by atoms with Gasteiger partial charge >= 0.3 is 0 Å². The molecule has 0 aliphatic carbocycles. The van der Waals surface area contributed by atoms with Gasteiger partial charge in [-0.1, -0.05) is 12.8 Å². The van der Waals surface area contributed by atoms with Crippen LogP contribution >= 0.6 is 11.3 Å². The van der Waals surface area contributed by atoms with Crippen LogP contribution in [0.1, 0.15) is 42.5 Å². The fourth-order valence-electron chi connectivity index (χ4n) is 3.51. The van der Waals surface area contributed by atoms with Gasteiger partial charge in [-0.25, -0.2) is 0 Å². The maximum Gasteiger partial charge on any atom is 0.254 e. The Labute approximate surface area is 148 Å². The summed E-state index contributed by atoms with van der Waals surface area (Å²) in [5.41, 5.74) is 0.786. The van der Waals surface area contributed by atoms with E-state index >= 15 is 0 Å². The normalized spacial score (nSPS) is 20.5. The second kappa shape index (κ2) is 8.62. The minimum absolute atomic E-state index is 0.122. The van der Waals surface area contributed by atoms with Gasteiger partial charge in [0.1, 0.15) is 0 Å². The number of carbonyl (C=O) groups excluding carboxylic acids is 2. The third-order valence-corrected chi connectivity index (χ3v) is 5.64. The van der Waals surface area contributed by atoms with Crippen molar-refractivity contribution < 1.29 is 9.59 Å². The van der Waals surface area contributed by atoms with Crippen molar-refractivity contribution in [3.63, 3.8) is 0 Å². The Morgan fingerprint density at radius 1 is 0.875 bits per heavy atom. The summed E-state index contributed by atoms with van der Waals surface area (Å²) in [6.07, 6.45) is 5.69. The summed E-state index contributed by atoms with van der Waals surface area (Å²) in [6, 6.07) is 1.89. The van der Waals surface area contributed by atoms with Crippen LogP contribution < -0.4 is 0 Å². The average Bonchev–Trinajstić information content (AvgIpc) is 2.84. The van der Waals surface area contributed by atoms with Crippen molar-refractivity contribution in [2.24, 2.45) is 0 Å². The number of rotatable bonds is 3. The monoisotopic (exact) mass is 349 g/mol. The topological polar surface area (TPSA) is 43.9 Å². The second-order valence-electron chi connectivity index (χ2n) is 6.73. The van der Waals surface area contributed by atoms with E-state index in [9.17, 15) is 9.59 Å². The summed E-state index contributed by atoms with van der Waals surface area (Å²) < 4.78 is 0. The summed E-state index contributed by atoms with van der Waals surface area (Å²) in [5, 5.41) is 3.85. The van der Waals surface area contributed by atoms with Crippen molar-refractivity contribution in [1.29, 1.82) is 0 Å². The standard InChI is InChI=1S/C18H27N3O2S/c22-17(20-8-3-1-2-4-9-20)14-19-7-5-10-21(12-11-19)18(23)16-6-13-24-15-16/h6,13,15H,1-5,7-12,14H2. The molecule has 1 aromatic heterocycles. The Morgan fingerprint density at radius 2 is 1.62 bits per heavy atom. The quantitative estimate of drug-likeness (QED) is 0.841. The molecule has 0 saturated carbocycles. The van der Waals surface area contributed by atoms with Gasteiger partial charge in [0, 0.05) is 44.6 Å². The van der Waals surface area contributed by atoms with Crippen molar-refractivity contribution in [2.45, 2.75) is 32.1 Å². The van der Waals surface area contributed by atoms with E-state index in [2.05, 4.69) is 4.90 Å². The molecule has 0 bridgehead atoms. The van der Waals surface area contributed by atoms with Gasteiger partial charge in [0.05, 0.1) is 12.1 Å². The highest BCUT2D eigenvalue weighted by Gasteiger charge is 2.23. The number of likely N-dealkylation sites (tertiary alicyclic amines) is 1.